The lowest BCUT2D eigenvalue weighted by Gasteiger charge is -2.24. The van der Waals surface area contributed by atoms with Crippen LogP contribution in [0.3, 0.4) is 0 Å². The number of aromatic amines is 1. The van der Waals surface area contributed by atoms with Crippen molar-refractivity contribution in [3.8, 4) is 0 Å². The quantitative estimate of drug-likeness (QED) is 0.442. The molecule has 33 heavy (non-hydrogen) atoms. The molecule has 0 fully saturated rings. The van der Waals surface area contributed by atoms with Crippen LogP contribution >= 0.6 is 0 Å². The van der Waals surface area contributed by atoms with Crippen molar-refractivity contribution in [2.24, 2.45) is 0 Å². The van der Waals surface area contributed by atoms with Gasteiger partial charge in [0.05, 0.1) is 22.7 Å². The number of rotatable bonds is 4. The van der Waals surface area contributed by atoms with Crippen LogP contribution in [0, 0.1) is 5.82 Å². The lowest BCUT2D eigenvalue weighted by Crippen LogP contribution is -2.36. The number of benzene rings is 2. The van der Waals surface area contributed by atoms with Crippen molar-refractivity contribution in [1.29, 1.82) is 0 Å². The summed E-state index contributed by atoms with van der Waals surface area (Å²) >= 11 is 0. The Labute approximate surface area is 183 Å². The molecular weight excluding hydrogens is 446 g/mol. The molecule has 170 valence electrons. The molecule has 0 spiro atoms. The van der Waals surface area contributed by atoms with Crippen LogP contribution in [-0.4, -0.2) is 21.8 Å². The van der Waals surface area contributed by atoms with Gasteiger partial charge in [-0.1, -0.05) is 12.1 Å². The van der Waals surface area contributed by atoms with Gasteiger partial charge in [0.1, 0.15) is 11.6 Å². The Hall–Kier alpha value is -4.22. The van der Waals surface area contributed by atoms with Crippen molar-refractivity contribution >= 4 is 35.0 Å². The van der Waals surface area contributed by atoms with E-state index >= 15 is 0 Å². The number of hydrogen-bond acceptors (Lipinski definition) is 5. The van der Waals surface area contributed by atoms with Gasteiger partial charge in [0.25, 0.3) is 5.56 Å². The summed E-state index contributed by atoms with van der Waals surface area (Å²) in [5.41, 5.74) is -2.14. The molecule has 0 saturated heterocycles. The van der Waals surface area contributed by atoms with Gasteiger partial charge in [-0.15, -0.1) is 0 Å². The summed E-state index contributed by atoms with van der Waals surface area (Å²) in [7, 11) is 0. The van der Waals surface area contributed by atoms with Crippen molar-refractivity contribution in [2.45, 2.75) is 18.5 Å². The molecule has 2 heterocycles. The van der Waals surface area contributed by atoms with Gasteiger partial charge in [0.15, 0.2) is 0 Å². The van der Waals surface area contributed by atoms with Crippen LogP contribution in [0.2, 0.25) is 0 Å². The molecule has 1 aliphatic rings. The van der Waals surface area contributed by atoms with Gasteiger partial charge >= 0.3 is 6.18 Å². The van der Waals surface area contributed by atoms with Crippen LogP contribution in [0.15, 0.2) is 53.3 Å². The van der Waals surface area contributed by atoms with Gasteiger partial charge in [0.2, 0.25) is 17.8 Å². The summed E-state index contributed by atoms with van der Waals surface area (Å²) in [6, 6.07) is 9.50. The summed E-state index contributed by atoms with van der Waals surface area (Å²) in [5.74, 6) is -3.74. The molecular formula is C21H15F4N5O3. The second kappa shape index (κ2) is 8.37. The Balaban J connectivity index is 1.65. The SMILES string of the molecule is O=C1CC(C(=O)Nc2ccccc2C(F)(F)F)c2c(nc(Nc3ccc(F)cc3)[nH]c2=O)N1. The molecule has 0 aliphatic carbocycles. The predicted octanol–water partition coefficient (Wildman–Crippen LogP) is 3.74. The molecule has 1 atom stereocenters. The Morgan fingerprint density at radius 1 is 1.06 bits per heavy atom. The van der Waals surface area contributed by atoms with E-state index in [9.17, 15) is 31.9 Å². The number of amides is 2. The summed E-state index contributed by atoms with van der Waals surface area (Å²) in [4.78, 5) is 44.2. The summed E-state index contributed by atoms with van der Waals surface area (Å²) in [6.07, 6.45) is -5.17. The van der Waals surface area contributed by atoms with E-state index in [0.29, 0.717) is 5.69 Å². The molecule has 1 aliphatic heterocycles. The highest BCUT2D eigenvalue weighted by molar-refractivity contribution is 6.04. The first-order valence-corrected chi connectivity index (χ1v) is 9.55. The van der Waals surface area contributed by atoms with Crippen LogP contribution in [0.25, 0.3) is 0 Å². The van der Waals surface area contributed by atoms with Gasteiger partial charge < -0.3 is 16.0 Å². The van der Waals surface area contributed by atoms with Gasteiger partial charge in [-0.2, -0.15) is 18.2 Å². The Kier molecular flexibility index (Phi) is 5.58. The molecule has 12 heteroatoms. The van der Waals surface area contributed by atoms with Crippen LogP contribution in [0.1, 0.15) is 23.5 Å². The van der Waals surface area contributed by atoms with Crippen molar-refractivity contribution in [3.63, 3.8) is 0 Å². The molecule has 1 aromatic heterocycles. The summed E-state index contributed by atoms with van der Waals surface area (Å²) in [5, 5.41) is 7.29. The van der Waals surface area contributed by atoms with Crippen molar-refractivity contribution in [3.05, 3.63) is 75.8 Å². The van der Waals surface area contributed by atoms with Crippen LogP contribution < -0.4 is 21.5 Å². The number of hydrogen-bond donors (Lipinski definition) is 4. The standard InChI is InChI=1S/C21H15F4N5O3/c22-10-5-7-11(8-6-10)26-20-29-17-16(19(33)30-20)12(9-15(31)28-17)18(32)27-14-4-2-1-3-13(14)21(23,24)25/h1-8,12H,9H2,(H,27,32)(H3,26,28,29,30,31,33). The highest BCUT2D eigenvalue weighted by Gasteiger charge is 2.37. The third-order valence-corrected chi connectivity index (χ3v) is 4.86. The molecule has 4 N–H and O–H groups in total. The van der Waals surface area contributed by atoms with Crippen molar-refractivity contribution in [1.82, 2.24) is 9.97 Å². The second-order valence-electron chi connectivity index (χ2n) is 7.15. The van der Waals surface area contributed by atoms with Crippen molar-refractivity contribution in [2.75, 3.05) is 16.0 Å². The number of carbonyl (C=O) groups excluding carboxylic acids is 2. The van der Waals surface area contributed by atoms with Crippen LogP contribution in [0.5, 0.6) is 0 Å². The fourth-order valence-electron chi connectivity index (χ4n) is 3.38. The lowest BCUT2D eigenvalue weighted by molar-refractivity contribution is -0.137. The summed E-state index contributed by atoms with van der Waals surface area (Å²) in [6.45, 7) is 0. The van der Waals surface area contributed by atoms with Crippen LogP contribution in [-0.2, 0) is 15.8 Å². The Bertz CT molecular complexity index is 1290. The zero-order chi connectivity index (χ0) is 23.8. The topological polar surface area (TPSA) is 116 Å². The average molecular weight is 461 g/mol. The smallest absolute Gasteiger partial charge is 0.326 e. The highest BCUT2D eigenvalue weighted by atomic mass is 19.4. The minimum absolute atomic E-state index is 0.0888. The van der Waals surface area contributed by atoms with Gasteiger partial charge in [-0.3, -0.25) is 19.4 Å². The van der Waals surface area contributed by atoms with E-state index in [-0.39, 0.29) is 17.3 Å². The number of alkyl halides is 3. The molecule has 3 aromatic rings. The first-order valence-electron chi connectivity index (χ1n) is 9.55. The zero-order valence-electron chi connectivity index (χ0n) is 16.6. The first kappa shape index (κ1) is 22.0. The number of nitrogens with one attached hydrogen (secondary N) is 4. The summed E-state index contributed by atoms with van der Waals surface area (Å²) < 4.78 is 52.8. The first-order chi connectivity index (χ1) is 15.6. The molecule has 2 aromatic carbocycles. The maximum absolute atomic E-state index is 13.2. The number of para-hydroxylation sites is 1. The van der Waals surface area contributed by atoms with Crippen molar-refractivity contribution < 1.29 is 27.2 Å². The van der Waals surface area contributed by atoms with E-state index in [0.717, 1.165) is 12.1 Å². The van der Waals surface area contributed by atoms with Crippen LogP contribution in [0.4, 0.5) is 40.7 Å². The molecule has 0 bridgehead atoms. The minimum Gasteiger partial charge on any atom is -0.326 e. The van der Waals surface area contributed by atoms with Gasteiger partial charge in [-0.05, 0) is 36.4 Å². The number of anilines is 4. The highest BCUT2D eigenvalue weighted by Crippen LogP contribution is 2.36. The molecule has 1 unspecified atom stereocenters. The fraction of sp³-hybridized carbons (Fsp3) is 0.143. The van der Waals surface area contributed by atoms with E-state index in [1.165, 1.54) is 36.4 Å². The van der Waals surface area contributed by atoms with E-state index < -0.39 is 53.0 Å². The molecule has 0 radical (unpaired) electrons. The monoisotopic (exact) mass is 461 g/mol. The third-order valence-electron chi connectivity index (χ3n) is 4.86. The number of aromatic nitrogens is 2. The number of carbonyl (C=O) groups is 2. The molecule has 0 saturated carbocycles. The van der Waals surface area contributed by atoms with Gasteiger partial charge in [-0.25, -0.2) is 4.39 Å². The number of nitrogens with zero attached hydrogens (tertiary/aromatic N) is 1. The maximum atomic E-state index is 13.2. The molecule has 2 amide bonds. The Morgan fingerprint density at radius 2 is 1.76 bits per heavy atom. The predicted molar refractivity (Wildman–Crippen MR) is 111 cm³/mol. The zero-order valence-corrected chi connectivity index (χ0v) is 16.6. The third kappa shape index (κ3) is 4.68. The largest absolute Gasteiger partial charge is 0.418 e. The fourth-order valence-corrected chi connectivity index (χ4v) is 3.38. The van der Waals surface area contributed by atoms with Gasteiger partial charge in [0, 0.05) is 12.1 Å². The minimum atomic E-state index is -4.72. The van der Waals surface area contributed by atoms with E-state index in [1.807, 2.05) is 0 Å². The number of H-pyrrole nitrogens is 1. The van der Waals surface area contributed by atoms with E-state index in [1.54, 1.807) is 0 Å². The number of fused-ring (bicyclic) bond motifs is 1. The molecule has 8 nitrogen and oxygen atoms in total. The Morgan fingerprint density at radius 3 is 2.45 bits per heavy atom. The van der Waals surface area contributed by atoms with E-state index in [2.05, 4.69) is 25.9 Å². The molecule has 4 rings (SSSR count). The average Bonchev–Trinajstić information content (AvgIpc) is 2.74. The number of halogens is 4. The normalized spacial score (nSPS) is 15.4. The maximum Gasteiger partial charge on any atom is 0.418 e. The van der Waals surface area contributed by atoms with E-state index in [4.69, 9.17) is 0 Å². The lowest BCUT2D eigenvalue weighted by atomic mass is 9.92. The second-order valence-corrected chi connectivity index (χ2v) is 7.15.